The van der Waals surface area contributed by atoms with Crippen molar-refractivity contribution in [3.8, 4) is 5.69 Å². The lowest BCUT2D eigenvalue weighted by Crippen LogP contribution is -2.20. The third kappa shape index (κ3) is 2.53. The number of halogens is 4. The van der Waals surface area contributed by atoms with Crippen molar-refractivity contribution in [3.63, 3.8) is 0 Å². The highest BCUT2D eigenvalue weighted by Crippen LogP contribution is 2.29. The van der Waals surface area contributed by atoms with E-state index in [9.17, 15) is 18.0 Å². The van der Waals surface area contributed by atoms with Gasteiger partial charge in [-0.3, -0.25) is 4.79 Å². The lowest BCUT2D eigenvalue weighted by molar-refractivity contribution is -0.137. The maximum absolute atomic E-state index is 12.5. The van der Waals surface area contributed by atoms with Crippen LogP contribution in [0.2, 0.25) is 5.02 Å². The molecule has 0 radical (unpaired) electrons. The third-order valence-electron chi connectivity index (χ3n) is 2.18. The molecule has 2 rings (SSSR count). The number of hydrogen-bond acceptors (Lipinski definition) is 2. The quantitative estimate of drug-likeness (QED) is 0.801. The Labute approximate surface area is 104 Å². The molecule has 18 heavy (non-hydrogen) atoms. The molecule has 1 heterocycles. The Morgan fingerprint density at radius 3 is 2.56 bits per heavy atom. The fourth-order valence-corrected chi connectivity index (χ4v) is 1.53. The summed E-state index contributed by atoms with van der Waals surface area (Å²) in [7, 11) is 0. The third-order valence-corrected chi connectivity index (χ3v) is 2.39. The van der Waals surface area contributed by atoms with Gasteiger partial charge in [-0.15, -0.1) is 0 Å². The summed E-state index contributed by atoms with van der Waals surface area (Å²) in [5.41, 5.74) is -1.41. The number of alkyl halides is 3. The lowest BCUT2D eigenvalue weighted by atomic mass is 10.2. The molecule has 94 valence electrons. The molecule has 0 saturated carbocycles. The van der Waals surface area contributed by atoms with Crippen molar-refractivity contribution >= 4 is 11.6 Å². The minimum atomic E-state index is -4.47. The molecule has 0 amide bonds. The first-order chi connectivity index (χ1) is 8.38. The summed E-state index contributed by atoms with van der Waals surface area (Å²) in [5.74, 6) is 0. The van der Waals surface area contributed by atoms with E-state index in [1.807, 2.05) is 0 Å². The molecule has 7 heteroatoms. The van der Waals surface area contributed by atoms with Gasteiger partial charge in [-0.2, -0.15) is 23.0 Å². The van der Waals surface area contributed by atoms with Gasteiger partial charge in [-0.1, -0.05) is 17.7 Å². The van der Waals surface area contributed by atoms with E-state index in [0.29, 0.717) is 0 Å². The highest BCUT2D eigenvalue weighted by atomic mass is 35.5. The van der Waals surface area contributed by atoms with Crippen LogP contribution in [0.15, 0.2) is 41.3 Å². The molecule has 0 fully saturated rings. The summed E-state index contributed by atoms with van der Waals surface area (Å²) in [6.07, 6.45) is -3.28. The summed E-state index contributed by atoms with van der Waals surface area (Å²) < 4.78 is 38.4. The van der Waals surface area contributed by atoms with Crippen LogP contribution in [-0.2, 0) is 6.18 Å². The predicted molar refractivity (Wildman–Crippen MR) is 59.8 cm³/mol. The van der Waals surface area contributed by atoms with Crippen molar-refractivity contribution in [1.29, 1.82) is 0 Å². The van der Waals surface area contributed by atoms with Crippen molar-refractivity contribution in [2.45, 2.75) is 6.18 Å². The van der Waals surface area contributed by atoms with E-state index in [1.165, 1.54) is 18.3 Å². The van der Waals surface area contributed by atoms with Gasteiger partial charge < -0.3 is 0 Å². The smallest absolute Gasteiger partial charge is 0.267 e. The summed E-state index contributed by atoms with van der Waals surface area (Å²) >= 11 is 5.55. The SMILES string of the molecule is O=c1cc(Cl)cnn1-c1cccc(C(F)(F)F)c1. The van der Waals surface area contributed by atoms with Gasteiger partial charge in [-0.25, -0.2) is 0 Å². The Bertz CT molecular complexity index is 637. The largest absolute Gasteiger partial charge is 0.416 e. The topological polar surface area (TPSA) is 34.9 Å². The van der Waals surface area contributed by atoms with Gasteiger partial charge in [-0.05, 0) is 18.2 Å². The van der Waals surface area contributed by atoms with Gasteiger partial charge in [0, 0.05) is 6.07 Å². The Balaban J connectivity index is 2.55. The van der Waals surface area contributed by atoms with Crippen LogP contribution < -0.4 is 5.56 Å². The molecule has 3 nitrogen and oxygen atoms in total. The first kappa shape index (κ1) is 12.6. The highest BCUT2D eigenvalue weighted by molar-refractivity contribution is 6.30. The van der Waals surface area contributed by atoms with Crippen LogP contribution in [0.4, 0.5) is 13.2 Å². The van der Waals surface area contributed by atoms with Crippen molar-refractivity contribution in [2.75, 3.05) is 0 Å². The second-order valence-corrected chi connectivity index (χ2v) is 3.91. The van der Waals surface area contributed by atoms with Crippen LogP contribution in [-0.4, -0.2) is 9.78 Å². The van der Waals surface area contributed by atoms with E-state index >= 15 is 0 Å². The van der Waals surface area contributed by atoms with Crippen LogP contribution in [0.1, 0.15) is 5.56 Å². The minimum absolute atomic E-state index is 0.0338. The Morgan fingerprint density at radius 1 is 1.22 bits per heavy atom. The van der Waals surface area contributed by atoms with E-state index in [-0.39, 0.29) is 10.7 Å². The lowest BCUT2D eigenvalue weighted by Gasteiger charge is -2.09. The maximum atomic E-state index is 12.5. The predicted octanol–water partition coefficient (Wildman–Crippen LogP) is 2.90. The van der Waals surface area contributed by atoms with Crippen molar-refractivity contribution < 1.29 is 13.2 Å². The minimum Gasteiger partial charge on any atom is -0.267 e. The van der Waals surface area contributed by atoms with Gasteiger partial charge in [0.25, 0.3) is 5.56 Å². The zero-order valence-electron chi connectivity index (χ0n) is 8.78. The second kappa shape index (κ2) is 4.45. The van der Waals surface area contributed by atoms with Gasteiger partial charge in [0.15, 0.2) is 0 Å². The van der Waals surface area contributed by atoms with Crippen molar-refractivity contribution in [1.82, 2.24) is 9.78 Å². The molecule has 0 aliphatic rings. The monoisotopic (exact) mass is 274 g/mol. The molecule has 0 atom stereocenters. The van der Waals surface area contributed by atoms with E-state index in [1.54, 1.807) is 0 Å². The molecular formula is C11H6ClF3N2O. The Kier molecular flexibility index (Phi) is 3.13. The van der Waals surface area contributed by atoms with Gasteiger partial charge in [0.1, 0.15) is 0 Å². The number of benzene rings is 1. The van der Waals surface area contributed by atoms with Crippen LogP contribution in [0.25, 0.3) is 5.69 Å². The Morgan fingerprint density at radius 2 is 1.94 bits per heavy atom. The molecule has 0 N–H and O–H groups in total. The van der Waals surface area contributed by atoms with E-state index in [4.69, 9.17) is 11.6 Å². The molecule has 2 aromatic rings. The average molecular weight is 275 g/mol. The molecule has 1 aromatic carbocycles. The number of rotatable bonds is 1. The first-order valence-corrected chi connectivity index (χ1v) is 5.18. The molecule has 0 bridgehead atoms. The van der Waals surface area contributed by atoms with Crippen molar-refractivity contribution in [2.24, 2.45) is 0 Å². The Hall–Kier alpha value is -1.82. The molecule has 0 saturated heterocycles. The normalized spacial score (nSPS) is 11.6. The summed E-state index contributed by atoms with van der Waals surface area (Å²) in [6, 6.07) is 5.42. The summed E-state index contributed by atoms with van der Waals surface area (Å²) in [6.45, 7) is 0. The van der Waals surface area contributed by atoms with Gasteiger partial charge >= 0.3 is 6.18 Å². The first-order valence-electron chi connectivity index (χ1n) is 4.80. The maximum Gasteiger partial charge on any atom is 0.416 e. The van der Waals surface area contributed by atoms with E-state index in [0.717, 1.165) is 22.9 Å². The average Bonchev–Trinajstić information content (AvgIpc) is 2.28. The number of nitrogens with zero attached hydrogens (tertiary/aromatic N) is 2. The van der Waals surface area contributed by atoms with Crippen LogP contribution in [0.5, 0.6) is 0 Å². The molecule has 0 spiro atoms. The van der Waals surface area contributed by atoms with Gasteiger partial charge in [0.05, 0.1) is 22.5 Å². The van der Waals surface area contributed by atoms with Crippen LogP contribution in [0, 0.1) is 0 Å². The summed E-state index contributed by atoms with van der Waals surface area (Å²) in [4.78, 5) is 11.5. The highest BCUT2D eigenvalue weighted by Gasteiger charge is 2.30. The number of hydrogen-bond donors (Lipinski definition) is 0. The molecule has 0 aliphatic carbocycles. The standard InChI is InChI=1S/C11H6ClF3N2O/c12-8-5-10(18)17(16-6-8)9-3-1-2-7(4-9)11(13,14)15/h1-6H. The van der Waals surface area contributed by atoms with Crippen molar-refractivity contribution in [3.05, 3.63) is 57.5 Å². The van der Waals surface area contributed by atoms with Crippen LogP contribution in [0.3, 0.4) is 0 Å². The number of aromatic nitrogens is 2. The van der Waals surface area contributed by atoms with Gasteiger partial charge in [0.2, 0.25) is 0 Å². The van der Waals surface area contributed by atoms with E-state index < -0.39 is 17.3 Å². The van der Waals surface area contributed by atoms with Crippen LogP contribution >= 0.6 is 11.6 Å². The fraction of sp³-hybridized carbons (Fsp3) is 0.0909. The zero-order valence-corrected chi connectivity index (χ0v) is 9.53. The second-order valence-electron chi connectivity index (χ2n) is 3.47. The molecule has 1 aromatic heterocycles. The summed E-state index contributed by atoms with van der Waals surface area (Å²) in [5, 5.41) is 3.80. The molecule has 0 unspecified atom stereocenters. The zero-order chi connectivity index (χ0) is 13.3. The molecular weight excluding hydrogens is 269 g/mol. The van der Waals surface area contributed by atoms with E-state index in [2.05, 4.69) is 5.10 Å². The fourth-order valence-electron chi connectivity index (χ4n) is 1.39. The molecule has 0 aliphatic heterocycles.